The molecule has 1 nitrogen and oxygen atoms in total. The fourth-order valence-electron chi connectivity index (χ4n) is 3.17. The highest BCUT2D eigenvalue weighted by atomic mass is 16.5. The summed E-state index contributed by atoms with van der Waals surface area (Å²) in [6, 6.07) is 8.59. The molecular weight excluding hydrogens is 232 g/mol. The van der Waals surface area contributed by atoms with E-state index in [1.165, 1.54) is 50.5 Å². The molecule has 0 bridgehead atoms. The second-order valence-corrected chi connectivity index (χ2v) is 6.10. The molecular formula is C18H28O. The fraction of sp³-hybridized carbons (Fsp3) is 0.667. The lowest BCUT2D eigenvalue weighted by Crippen LogP contribution is -2.12. The average molecular weight is 260 g/mol. The van der Waals surface area contributed by atoms with Gasteiger partial charge in [-0.2, -0.15) is 0 Å². The molecule has 19 heavy (non-hydrogen) atoms. The van der Waals surface area contributed by atoms with Crippen molar-refractivity contribution in [3.63, 3.8) is 0 Å². The minimum absolute atomic E-state index is 0.754. The van der Waals surface area contributed by atoms with Gasteiger partial charge in [-0.25, -0.2) is 0 Å². The molecule has 106 valence electrons. The van der Waals surface area contributed by atoms with Gasteiger partial charge in [0.15, 0.2) is 0 Å². The Morgan fingerprint density at radius 3 is 2.68 bits per heavy atom. The zero-order valence-electron chi connectivity index (χ0n) is 12.5. The standard InChI is InChI=1S/C18H28O/c1-3-19-18-9-5-8-17(14-18)7-4-6-16-12-10-15(2)11-13-16/h5,8-9,14-16H,3-4,6-7,10-13H2,1-2H3. The first-order valence-electron chi connectivity index (χ1n) is 7.99. The molecule has 1 heteroatoms. The Labute approximate surface area is 118 Å². The van der Waals surface area contributed by atoms with Crippen LogP contribution in [0.4, 0.5) is 0 Å². The number of ether oxygens (including phenoxy) is 1. The molecule has 0 saturated heterocycles. The smallest absolute Gasteiger partial charge is 0.119 e. The van der Waals surface area contributed by atoms with Gasteiger partial charge in [-0.05, 0) is 49.3 Å². The van der Waals surface area contributed by atoms with Crippen LogP contribution in [0.5, 0.6) is 5.75 Å². The molecule has 0 N–H and O–H groups in total. The van der Waals surface area contributed by atoms with E-state index in [-0.39, 0.29) is 0 Å². The summed E-state index contributed by atoms with van der Waals surface area (Å²) >= 11 is 0. The Bertz CT molecular complexity index is 364. The number of aryl methyl sites for hydroxylation is 1. The van der Waals surface area contributed by atoms with Gasteiger partial charge in [0.25, 0.3) is 0 Å². The molecule has 0 aromatic heterocycles. The first kappa shape index (κ1) is 14.4. The van der Waals surface area contributed by atoms with Crippen LogP contribution in [0.2, 0.25) is 0 Å². The number of benzene rings is 1. The first-order chi connectivity index (χ1) is 9.28. The van der Waals surface area contributed by atoms with E-state index in [9.17, 15) is 0 Å². The number of rotatable bonds is 6. The Hall–Kier alpha value is -0.980. The van der Waals surface area contributed by atoms with E-state index in [4.69, 9.17) is 4.74 Å². The summed E-state index contributed by atoms with van der Waals surface area (Å²) in [4.78, 5) is 0. The van der Waals surface area contributed by atoms with Crippen LogP contribution in [0.15, 0.2) is 24.3 Å². The molecule has 2 rings (SSSR count). The maximum atomic E-state index is 5.55. The van der Waals surface area contributed by atoms with Crippen molar-refractivity contribution in [2.45, 2.75) is 58.8 Å². The summed E-state index contributed by atoms with van der Waals surface area (Å²) in [5, 5.41) is 0. The number of hydrogen-bond donors (Lipinski definition) is 0. The van der Waals surface area contributed by atoms with Crippen LogP contribution in [0.25, 0.3) is 0 Å². The van der Waals surface area contributed by atoms with Crippen molar-refractivity contribution >= 4 is 0 Å². The highest BCUT2D eigenvalue weighted by Gasteiger charge is 2.17. The molecule has 0 amide bonds. The topological polar surface area (TPSA) is 9.23 Å². The van der Waals surface area contributed by atoms with E-state index in [0.29, 0.717) is 0 Å². The average Bonchev–Trinajstić information content (AvgIpc) is 2.42. The van der Waals surface area contributed by atoms with Crippen LogP contribution in [-0.2, 0) is 6.42 Å². The molecule has 0 radical (unpaired) electrons. The third-order valence-electron chi connectivity index (χ3n) is 4.42. The summed E-state index contributed by atoms with van der Waals surface area (Å²) in [5.41, 5.74) is 1.43. The van der Waals surface area contributed by atoms with Crippen LogP contribution in [0.1, 0.15) is 57.9 Å². The third kappa shape index (κ3) is 4.89. The zero-order chi connectivity index (χ0) is 13.5. The minimum atomic E-state index is 0.754. The van der Waals surface area contributed by atoms with Gasteiger partial charge < -0.3 is 4.74 Å². The predicted molar refractivity (Wildman–Crippen MR) is 81.7 cm³/mol. The lowest BCUT2D eigenvalue weighted by Gasteiger charge is -2.26. The summed E-state index contributed by atoms with van der Waals surface area (Å²) in [7, 11) is 0. The van der Waals surface area contributed by atoms with E-state index in [1.54, 1.807) is 0 Å². The molecule has 1 aliphatic carbocycles. The van der Waals surface area contributed by atoms with E-state index in [0.717, 1.165) is 24.2 Å². The third-order valence-corrected chi connectivity index (χ3v) is 4.42. The predicted octanol–water partition coefficient (Wildman–Crippen LogP) is 5.23. The van der Waals surface area contributed by atoms with Crippen LogP contribution >= 0.6 is 0 Å². The van der Waals surface area contributed by atoms with E-state index in [2.05, 4.69) is 31.2 Å². The van der Waals surface area contributed by atoms with Gasteiger partial charge in [-0.15, -0.1) is 0 Å². The molecule has 1 saturated carbocycles. The minimum Gasteiger partial charge on any atom is -0.494 e. The first-order valence-corrected chi connectivity index (χ1v) is 7.99. The highest BCUT2D eigenvalue weighted by molar-refractivity contribution is 5.28. The molecule has 1 aromatic rings. The summed E-state index contributed by atoms with van der Waals surface area (Å²) < 4.78 is 5.55. The SMILES string of the molecule is CCOc1cccc(CCCC2CCC(C)CC2)c1. The lowest BCUT2D eigenvalue weighted by molar-refractivity contribution is 0.273. The maximum absolute atomic E-state index is 5.55. The fourth-order valence-corrected chi connectivity index (χ4v) is 3.17. The number of hydrogen-bond acceptors (Lipinski definition) is 1. The van der Waals surface area contributed by atoms with Gasteiger partial charge in [0.2, 0.25) is 0 Å². The van der Waals surface area contributed by atoms with Gasteiger partial charge in [-0.1, -0.05) is 51.2 Å². The Morgan fingerprint density at radius 1 is 1.16 bits per heavy atom. The Kier molecular flexibility index (Phi) is 5.75. The maximum Gasteiger partial charge on any atom is 0.119 e. The second-order valence-electron chi connectivity index (χ2n) is 6.10. The van der Waals surface area contributed by atoms with Crippen LogP contribution in [0, 0.1) is 11.8 Å². The second kappa shape index (κ2) is 7.57. The van der Waals surface area contributed by atoms with Crippen molar-refractivity contribution in [2.75, 3.05) is 6.61 Å². The Balaban J connectivity index is 1.71. The van der Waals surface area contributed by atoms with E-state index < -0.39 is 0 Å². The zero-order valence-corrected chi connectivity index (χ0v) is 12.5. The van der Waals surface area contributed by atoms with Crippen molar-refractivity contribution in [1.82, 2.24) is 0 Å². The monoisotopic (exact) mass is 260 g/mol. The molecule has 1 aliphatic rings. The summed E-state index contributed by atoms with van der Waals surface area (Å²) in [6.07, 6.45) is 9.75. The van der Waals surface area contributed by atoms with Crippen molar-refractivity contribution in [3.8, 4) is 5.75 Å². The molecule has 0 spiro atoms. The normalized spacial score (nSPS) is 23.3. The summed E-state index contributed by atoms with van der Waals surface area (Å²) in [5.74, 6) is 2.98. The van der Waals surface area contributed by atoms with E-state index in [1.807, 2.05) is 6.92 Å². The lowest BCUT2D eigenvalue weighted by atomic mass is 9.80. The van der Waals surface area contributed by atoms with Crippen LogP contribution in [0.3, 0.4) is 0 Å². The van der Waals surface area contributed by atoms with Gasteiger partial charge in [0, 0.05) is 0 Å². The van der Waals surface area contributed by atoms with Crippen LogP contribution in [-0.4, -0.2) is 6.61 Å². The molecule has 0 atom stereocenters. The van der Waals surface area contributed by atoms with Crippen molar-refractivity contribution in [2.24, 2.45) is 11.8 Å². The molecule has 0 unspecified atom stereocenters. The highest BCUT2D eigenvalue weighted by Crippen LogP contribution is 2.31. The molecule has 1 fully saturated rings. The van der Waals surface area contributed by atoms with Crippen molar-refractivity contribution < 1.29 is 4.74 Å². The van der Waals surface area contributed by atoms with E-state index >= 15 is 0 Å². The van der Waals surface area contributed by atoms with Gasteiger partial charge in [0.1, 0.15) is 5.75 Å². The van der Waals surface area contributed by atoms with Crippen molar-refractivity contribution in [3.05, 3.63) is 29.8 Å². The van der Waals surface area contributed by atoms with Crippen molar-refractivity contribution in [1.29, 1.82) is 0 Å². The van der Waals surface area contributed by atoms with Gasteiger partial charge >= 0.3 is 0 Å². The molecule has 0 aliphatic heterocycles. The quantitative estimate of drug-likeness (QED) is 0.680. The van der Waals surface area contributed by atoms with Crippen LogP contribution < -0.4 is 4.74 Å². The summed E-state index contributed by atoms with van der Waals surface area (Å²) in [6.45, 7) is 5.19. The largest absolute Gasteiger partial charge is 0.494 e. The molecule has 1 aromatic carbocycles. The van der Waals surface area contributed by atoms with Gasteiger partial charge in [-0.3, -0.25) is 0 Å². The Morgan fingerprint density at radius 2 is 1.95 bits per heavy atom. The van der Waals surface area contributed by atoms with Gasteiger partial charge in [0.05, 0.1) is 6.61 Å². The molecule has 0 heterocycles.